The number of carbonyl (C=O) groups is 1. The van der Waals surface area contributed by atoms with E-state index in [1.54, 1.807) is 23.1 Å². The van der Waals surface area contributed by atoms with Crippen molar-refractivity contribution in [3.05, 3.63) is 70.4 Å². The van der Waals surface area contributed by atoms with Crippen molar-refractivity contribution in [3.8, 4) is 5.69 Å². The van der Waals surface area contributed by atoms with Gasteiger partial charge in [0.25, 0.3) is 0 Å². The van der Waals surface area contributed by atoms with Crippen LogP contribution in [0.25, 0.3) is 5.69 Å². The molecule has 3 heterocycles. The minimum absolute atomic E-state index is 0.138. The number of ether oxygens (including phenoxy) is 2. The molecule has 0 saturated carbocycles. The van der Waals surface area contributed by atoms with Crippen LogP contribution < -0.4 is 10.7 Å². The Hall–Kier alpha value is -3.46. The first kappa shape index (κ1) is 23.7. The van der Waals surface area contributed by atoms with Crippen molar-refractivity contribution in [2.75, 3.05) is 25.1 Å². The maximum Gasteiger partial charge on any atom is 0.411 e. The number of carbonyl (C=O) groups excluding carboxylic acids is 1. The van der Waals surface area contributed by atoms with Gasteiger partial charge < -0.3 is 9.47 Å². The standard InChI is InChI=1S/C25H31N5O4/c1-18(2)17-34-25(32)27-21-5-3-4-20(12-21)13-23-24(31)6-9-30(28-23)22-14-26-29(16-22)15-19-7-10-33-11-8-19/h3-6,9,12,14,16,18-19H,7-8,10-11,13,15,17H2,1-2H3,(H,27,32). The van der Waals surface area contributed by atoms with E-state index in [9.17, 15) is 9.59 Å². The van der Waals surface area contributed by atoms with Gasteiger partial charge in [-0.1, -0.05) is 26.0 Å². The third-order valence-corrected chi connectivity index (χ3v) is 5.64. The summed E-state index contributed by atoms with van der Waals surface area (Å²) >= 11 is 0. The Labute approximate surface area is 198 Å². The molecule has 1 saturated heterocycles. The summed E-state index contributed by atoms with van der Waals surface area (Å²) in [6, 6.07) is 8.85. The number of rotatable bonds is 8. The Morgan fingerprint density at radius 2 is 2.09 bits per heavy atom. The number of nitrogens with one attached hydrogen (secondary N) is 1. The van der Waals surface area contributed by atoms with Gasteiger partial charge in [-0.05, 0) is 42.4 Å². The first-order valence-corrected chi connectivity index (χ1v) is 11.7. The number of amides is 1. The average molecular weight is 466 g/mol. The predicted molar refractivity (Wildman–Crippen MR) is 128 cm³/mol. The zero-order chi connectivity index (χ0) is 23.9. The summed E-state index contributed by atoms with van der Waals surface area (Å²) in [5.74, 6) is 0.819. The van der Waals surface area contributed by atoms with Crippen LogP contribution in [-0.4, -0.2) is 45.5 Å². The summed E-state index contributed by atoms with van der Waals surface area (Å²) in [5, 5.41) is 11.8. The van der Waals surface area contributed by atoms with Crippen LogP contribution in [0.4, 0.5) is 10.5 Å². The van der Waals surface area contributed by atoms with Gasteiger partial charge in [-0.3, -0.25) is 14.8 Å². The molecule has 1 aromatic carbocycles. The molecule has 3 aromatic rings. The Bertz CT molecular complexity index is 1160. The molecule has 1 aliphatic rings. The zero-order valence-electron chi connectivity index (χ0n) is 19.6. The average Bonchev–Trinajstić information content (AvgIpc) is 3.28. The maximum absolute atomic E-state index is 12.5. The molecule has 0 aliphatic carbocycles. The molecule has 9 nitrogen and oxygen atoms in total. The topological polar surface area (TPSA) is 100 Å². The molecule has 0 unspecified atom stereocenters. The lowest BCUT2D eigenvalue weighted by atomic mass is 10.0. The second-order valence-electron chi connectivity index (χ2n) is 9.04. The van der Waals surface area contributed by atoms with E-state index >= 15 is 0 Å². The van der Waals surface area contributed by atoms with Gasteiger partial charge in [-0.2, -0.15) is 10.2 Å². The zero-order valence-corrected chi connectivity index (χ0v) is 19.6. The highest BCUT2D eigenvalue weighted by atomic mass is 16.5. The minimum atomic E-state index is -0.496. The van der Waals surface area contributed by atoms with Crippen molar-refractivity contribution in [1.29, 1.82) is 0 Å². The molecule has 34 heavy (non-hydrogen) atoms. The van der Waals surface area contributed by atoms with E-state index in [1.165, 1.54) is 6.07 Å². The van der Waals surface area contributed by atoms with E-state index in [4.69, 9.17) is 9.47 Å². The van der Waals surface area contributed by atoms with Crippen molar-refractivity contribution in [2.45, 2.75) is 39.7 Å². The van der Waals surface area contributed by atoms with Crippen LogP contribution in [0.1, 0.15) is 37.9 Å². The van der Waals surface area contributed by atoms with E-state index in [0.717, 1.165) is 43.9 Å². The molecule has 9 heteroatoms. The molecule has 1 fully saturated rings. The predicted octanol–water partition coefficient (Wildman–Crippen LogP) is 3.65. The molecule has 0 atom stereocenters. The summed E-state index contributed by atoms with van der Waals surface area (Å²) in [6.07, 6.45) is 7.29. The molecule has 180 valence electrons. The van der Waals surface area contributed by atoms with Gasteiger partial charge in [0.2, 0.25) is 5.43 Å². The molecule has 1 N–H and O–H groups in total. The Kier molecular flexibility index (Phi) is 7.74. The number of benzene rings is 1. The van der Waals surface area contributed by atoms with Crippen LogP contribution in [0.2, 0.25) is 0 Å². The fraction of sp³-hybridized carbons (Fsp3) is 0.440. The second kappa shape index (κ2) is 11.1. The fourth-order valence-electron chi connectivity index (χ4n) is 3.83. The lowest BCUT2D eigenvalue weighted by Crippen LogP contribution is -2.20. The molecule has 2 aromatic heterocycles. The van der Waals surface area contributed by atoms with Crippen LogP contribution >= 0.6 is 0 Å². The van der Waals surface area contributed by atoms with Crippen LogP contribution in [0.15, 0.2) is 53.7 Å². The number of aromatic nitrogens is 4. The number of nitrogens with zero attached hydrogens (tertiary/aromatic N) is 4. The number of hydrogen-bond donors (Lipinski definition) is 1. The maximum atomic E-state index is 12.5. The van der Waals surface area contributed by atoms with Crippen molar-refractivity contribution >= 4 is 11.8 Å². The number of anilines is 1. The van der Waals surface area contributed by atoms with Gasteiger partial charge in [-0.15, -0.1) is 0 Å². The third-order valence-electron chi connectivity index (χ3n) is 5.64. The van der Waals surface area contributed by atoms with Crippen LogP contribution in [0, 0.1) is 11.8 Å². The van der Waals surface area contributed by atoms with Crippen LogP contribution in [0.5, 0.6) is 0 Å². The SMILES string of the molecule is CC(C)COC(=O)Nc1cccc(Cc2nn(-c3cnn(CC4CCOCC4)c3)ccc2=O)c1. The van der Waals surface area contributed by atoms with Gasteiger partial charge in [0, 0.05) is 44.1 Å². The van der Waals surface area contributed by atoms with E-state index in [0.29, 0.717) is 30.3 Å². The summed E-state index contributed by atoms with van der Waals surface area (Å²) in [6.45, 7) is 6.76. The molecule has 1 aliphatic heterocycles. The van der Waals surface area contributed by atoms with Crippen molar-refractivity contribution in [3.63, 3.8) is 0 Å². The number of hydrogen-bond acceptors (Lipinski definition) is 6. The highest BCUT2D eigenvalue weighted by Crippen LogP contribution is 2.18. The molecule has 0 radical (unpaired) electrons. The second-order valence-corrected chi connectivity index (χ2v) is 9.04. The monoisotopic (exact) mass is 465 g/mol. The highest BCUT2D eigenvalue weighted by Gasteiger charge is 2.15. The smallest absolute Gasteiger partial charge is 0.411 e. The molecule has 0 spiro atoms. The largest absolute Gasteiger partial charge is 0.449 e. The van der Waals surface area contributed by atoms with Gasteiger partial charge in [0.05, 0.1) is 19.0 Å². The molecule has 4 rings (SSSR count). The third kappa shape index (κ3) is 6.54. The van der Waals surface area contributed by atoms with E-state index in [2.05, 4.69) is 15.5 Å². The minimum Gasteiger partial charge on any atom is -0.449 e. The first-order chi connectivity index (χ1) is 16.5. The lowest BCUT2D eigenvalue weighted by molar-refractivity contribution is 0.0601. The van der Waals surface area contributed by atoms with Crippen LogP contribution in [-0.2, 0) is 22.4 Å². The Morgan fingerprint density at radius 1 is 1.26 bits per heavy atom. The summed E-state index contributed by atoms with van der Waals surface area (Å²) in [4.78, 5) is 24.4. The Morgan fingerprint density at radius 3 is 2.88 bits per heavy atom. The van der Waals surface area contributed by atoms with Crippen LogP contribution in [0.3, 0.4) is 0 Å². The summed E-state index contributed by atoms with van der Waals surface area (Å²) < 4.78 is 14.2. The molecule has 1 amide bonds. The van der Waals surface area contributed by atoms with Gasteiger partial charge >= 0.3 is 6.09 Å². The normalized spacial score (nSPS) is 14.3. The van der Waals surface area contributed by atoms with Gasteiger partial charge in [-0.25, -0.2) is 9.48 Å². The van der Waals surface area contributed by atoms with E-state index in [-0.39, 0.29) is 11.3 Å². The highest BCUT2D eigenvalue weighted by molar-refractivity contribution is 5.84. The lowest BCUT2D eigenvalue weighted by Gasteiger charge is -2.21. The van der Waals surface area contributed by atoms with Crippen molar-refractivity contribution in [2.24, 2.45) is 11.8 Å². The first-order valence-electron chi connectivity index (χ1n) is 11.7. The van der Waals surface area contributed by atoms with E-state index in [1.807, 2.05) is 42.9 Å². The Balaban J connectivity index is 1.44. The molecule has 0 bridgehead atoms. The van der Waals surface area contributed by atoms with Crippen molar-refractivity contribution < 1.29 is 14.3 Å². The summed E-state index contributed by atoms with van der Waals surface area (Å²) in [7, 11) is 0. The fourth-order valence-corrected chi connectivity index (χ4v) is 3.83. The van der Waals surface area contributed by atoms with Gasteiger partial charge in [0.1, 0.15) is 11.4 Å². The molecular weight excluding hydrogens is 434 g/mol. The summed E-state index contributed by atoms with van der Waals surface area (Å²) in [5.41, 5.74) is 2.55. The quantitative estimate of drug-likeness (QED) is 0.545. The van der Waals surface area contributed by atoms with E-state index < -0.39 is 6.09 Å². The van der Waals surface area contributed by atoms with Crippen molar-refractivity contribution in [1.82, 2.24) is 19.6 Å². The molecular formula is C25H31N5O4. The van der Waals surface area contributed by atoms with Gasteiger partial charge in [0.15, 0.2) is 0 Å².